The van der Waals surface area contributed by atoms with Crippen molar-refractivity contribution < 1.29 is 8.42 Å². The summed E-state index contributed by atoms with van der Waals surface area (Å²) in [6.45, 7) is 4.36. The molecule has 1 atom stereocenters. The van der Waals surface area contributed by atoms with Gasteiger partial charge in [-0.1, -0.05) is 19.8 Å². The lowest BCUT2D eigenvalue weighted by molar-refractivity contribution is 0.595. The summed E-state index contributed by atoms with van der Waals surface area (Å²) < 4.78 is 25.0. The van der Waals surface area contributed by atoms with Gasteiger partial charge >= 0.3 is 0 Å². The van der Waals surface area contributed by atoms with E-state index in [4.69, 9.17) is 6.42 Å². The number of terminal acetylenes is 1. The van der Waals surface area contributed by atoms with Crippen molar-refractivity contribution in [1.29, 1.82) is 0 Å². The predicted molar refractivity (Wildman–Crippen MR) is 52.2 cm³/mol. The van der Waals surface area contributed by atoms with Crippen molar-refractivity contribution in [3.05, 3.63) is 10.5 Å². The maximum absolute atomic E-state index is 11.3. The monoisotopic (exact) mass is 199 g/mol. The Morgan fingerprint density at radius 2 is 2.31 bits per heavy atom. The fraction of sp³-hybridized carbons (Fsp3) is 0.556. The third-order valence-corrected chi connectivity index (χ3v) is 3.79. The van der Waals surface area contributed by atoms with Crippen LogP contribution in [0.4, 0.5) is 0 Å². The first kappa shape index (κ1) is 10.3. The molecule has 1 N–H and O–H groups in total. The van der Waals surface area contributed by atoms with E-state index in [2.05, 4.69) is 10.6 Å². The quantitative estimate of drug-likeness (QED) is 0.670. The molecule has 0 amide bonds. The van der Waals surface area contributed by atoms with Crippen LogP contribution < -0.4 is 4.72 Å². The van der Waals surface area contributed by atoms with Crippen LogP contribution in [0.5, 0.6) is 0 Å². The molecule has 3 nitrogen and oxygen atoms in total. The lowest BCUT2D eigenvalue weighted by atomic mass is 9.98. The van der Waals surface area contributed by atoms with Gasteiger partial charge in [0.15, 0.2) is 0 Å². The van der Waals surface area contributed by atoms with Crippen LogP contribution in [0.2, 0.25) is 0 Å². The first-order valence-electron chi connectivity index (χ1n) is 4.22. The van der Waals surface area contributed by atoms with E-state index >= 15 is 0 Å². The molecule has 1 heterocycles. The number of nitrogens with one attached hydrogen (secondary N) is 1. The molecule has 1 rings (SSSR count). The molecule has 13 heavy (non-hydrogen) atoms. The van der Waals surface area contributed by atoms with Crippen LogP contribution in [-0.2, 0) is 10.0 Å². The molecule has 0 spiro atoms. The Morgan fingerprint density at radius 1 is 1.69 bits per heavy atom. The van der Waals surface area contributed by atoms with Gasteiger partial charge in [0.25, 0.3) is 0 Å². The van der Waals surface area contributed by atoms with Crippen molar-refractivity contribution in [2.75, 3.05) is 6.54 Å². The van der Waals surface area contributed by atoms with Gasteiger partial charge in [-0.3, -0.25) is 0 Å². The first-order chi connectivity index (χ1) is 6.03. The van der Waals surface area contributed by atoms with Gasteiger partial charge < -0.3 is 0 Å². The summed E-state index contributed by atoms with van der Waals surface area (Å²) in [7, 11) is -3.35. The van der Waals surface area contributed by atoms with E-state index in [1.54, 1.807) is 0 Å². The Kier molecular flexibility index (Phi) is 2.79. The molecule has 0 aliphatic carbocycles. The Morgan fingerprint density at radius 3 is 2.77 bits per heavy atom. The molecule has 0 radical (unpaired) electrons. The summed E-state index contributed by atoms with van der Waals surface area (Å²) in [6, 6.07) is 0. The molecule has 1 aliphatic rings. The summed E-state index contributed by atoms with van der Waals surface area (Å²) >= 11 is 0. The molecule has 0 aromatic rings. The third kappa shape index (κ3) is 1.77. The largest absolute Gasteiger partial charge is 0.248 e. The summed E-state index contributed by atoms with van der Waals surface area (Å²) in [6.07, 6.45) is 6.07. The molecule has 72 valence electrons. The van der Waals surface area contributed by atoms with Crippen LogP contribution in [0.3, 0.4) is 0 Å². The maximum atomic E-state index is 11.3. The zero-order valence-corrected chi connectivity index (χ0v) is 8.61. The highest BCUT2D eigenvalue weighted by Gasteiger charge is 2.29. The smallest absolute Gasteiger partial charge is 0.206 e. The third-order valence-electron chi connectivity index (χ3n) is 2.35. The average Bonchev–Trinajstić information content (AvgIpc) is 2.39. The van der Waals surface area contributed by atoms with Gasteiger partial charge in [0, 0.05) is 6.54 Å². The molecular formula is C9H13NO2S. The second kappa shape index (κ2) is 3.52. The second-order valence-electron chi connectivity index (χ2n) is 3.13. The van der Waals surface area contributed by atoms with Crippen LogP contribution in [0.15, 0.2) is 10.5 Å². The summed E-state index contributed by atoms with van der Waals surface area (Å²) in [5.41, 5.74) is 0.838. The topological polar surface area (TPSA) is 46.2 Å². The van der Waals surface area contributed by atoms with Gasteiger partial charge in [0.2, 0.25) is 10.0 Å². The molecule has 0 aromatic heterocycles. The van der Waals surface area contributed by atoms with E-state index in [-0.39, 0.29) is 10.8 Å². The normalized spacial score (nSPS) is 22.8. The van der Waals surface area contributed by atoms with E-state index in [9.17, 15) is 8.42 Å². The van der Waals surface area contributed by atoms with Gasteiger partial charge in [0.1, 0.15) is 4.91 Å². The van der Waals surface area contributed by atoms with Crippen LogP contribution in [-0.4, -0.2) is 15.0 Å². The van der Waals surface area contributed by atoms with Crippen molar-refractivity contribution in [3.8, 4) is 12.3 Å². The lowest BCUT2D eigenvalue weighted by Gasteiger charge is -2.08. The number of rotatable bonds is 2. The standard InChI is InChI=1S/C9H13NO2S/c1-4-7(3)8-6-10-13(11,12)9(8)5-2/h2,7,10H,4,6H2,1,3H3. The number of hydrogen-bond donors (Lipinski definition) is 1. The molecule has 0 saturated heterocycles. The Balaban J connectivity index is 3.17. The molecule has 4 heteroatoms. The van der Waals surface area contributed by atoms with Crippen molar-refractivity contribution >= 4 is 10.0 Å². The molecule has 0 saturated carbocycles. The fourth-order valence-electron chi connectivity index (χ4n) is 1.31. The Hall–Kier alpha value is -0.790. The zero-order valence-electron chi connectivity index (χ0n) is 7.79. The van der Waals surface area contributed by atoms with Crippen LogP contribution >= 0.6 is 0 Å². The minimum Gasteiger partial charge on any atom is -0.206 e. The molecular weight excluding hydrogens is 186 g/mol. The number of allylic oxidation sites excluding steroid dienone is 1. The molecule has 1 aliphatic heterocycles. The van der Waals surface area contributed by atoms with Gasteiger partial charge in [-0.2, -0.15) is 0 Å². The molecule has 0 bridgehead atoms. The highest BCUT2D eigenvalue weighted by Crippen LogP contribution is 2.25. The van der Waals surface area contributed by atoms with Gasteiger partial charge in [-0.15, -0.1) is 6.42 Å². The molecule has 0 aromatic carbocycles. The number of sulfonamides is 1. The second-order valence-corrected chi connectivity index (χ2v) is 4.84. The van der Waals surface area contributed by atoms with E-state index in [0.29, 0.717) is 6.54 Å². The first-order valence-corrected chi connectivity index (χ1v) is 5.70. The van der Waals surface area contributed by atoms with Gasteiger partial charge in [-0.05, 0) is 17.9 Å². The van der Waals surface area contributed by atoms with Gasteiger partial charge in [0.05, 0.1) is 0 Å². The van der Waals surface area contributed by atoms with Crippen molar-refractivity contribution in [2.45, 2.75) is 20.3 Å². The highest BCUT2D eigenvalue weighted by molar-refractivity contribution is 7.94. The fourth-order valence-corrected chi connectivity index (χ4v) is 2.58. The minimum absolute atomic E-state index is 0.141. The van der Waals surface area contributed by atoms with E-state index in [1.807, 2.05) is 13.8 Å². The number of hydrogen-bond acceptors (Lipinski definition) is 2. The summed E-state index contributed by atoms with van der Waals surface area (Å²) in [5.74, 6) is 2.48. The summed E-state index contributed by atoms with van der Waals surface area (Å²) in [5, 5.41) is 0. The SMILES string of the molecule is C#CC1=C(C(C)CC)CNS1(=O)=O. The molecule has 0 fully saturated rings. The maximum Gasteiger partial charge on any atom is 0.248 e. The average molecular weight is 199 g/mol. The Labute approximate surface area is 79.3 Å². The van der Waals surface area contributed by atoms with Crippen molar-refractivity contribution in [2.24, 2.45) is 5.92 Å². The minimum atomic E-state index is -3.35. The van der Waals surface area contributed by atoms with Crippen LogP contribution in [0.25, 0.3) is 0 Å². The van der Waals surface area contributed by atoms with Crippen LogP contribution in [0, 0.1) is 18.3 Å². The lowest BCUT2D eigenvalue weighted by Crippen LogP contribution is -2.18. The van der Waals surface area contributed by atoms with Gasteiger partial charge in [-0.25, -0.2) is 13.1 Å². The van der Waals surface area contributed by atoms with E-state index in [1.165, 1.54) is 0 Å². The van der Waals surface area contributed by atoms with E-state index in [0.717, 1.165) is 12.0 Å². The van der Waals surface area contributed by atoms with Crippen LogP contribution in [0.1, 0.15) is 20.3 Å². The molecule has 1 unspecified atom stereocenters. The predicted octanol–water partition coefficient (Wildman–Crippen LogP) is 0.853. The zero-order chi connectivity index (χ0) is 10.1. The summed E-state index contributed by atoms with van der Waals surface area (Å²) in [4.78, 5) is 0.141. The Bertz CT molecular complexity index is 373. The van der Waals surface area contributed by atoms with Crippen molar-refractivity contribution in [3.63, 3.8) is 0 Å². The highest BCUT2D eigenvalue weighted by atomic mass is 32.2. The van der Waals surface area contributed by atoms with E-state index < -0.39 is 10.0 Å². The van der Waals surface area contributed by atoms with Crippen molar-refractivity contribution in [1.82, 2.24) is 4.72 Å².